The molecule has 0 aliphatic rings. The lowest BCUT2D eigenvalue weighted by atomic mass is 9.93. The van der Waals surface area contributed by atoms with E-state index < -0.39 is 0 Å². The molecule has 0 aromatic carbocycles. The molecule has 1 rings (SSSR count). The molecule has 0 amide bonds. The third-order valence-electron chi connectivity index (χ3n) is 2.49. The highest BCUT2D eigenvalue weighted by Crippen LogP contribution is 2.23. The van der Waals surface area contributed by atoms with Crippen molar-refractivity contribution in [3.63, 3.8) is 0 Å². The predicted molar refractivity (Wildman–Crippen MR) is 79.1 cm³/mol. The standard InChI is InChI=1S/C14H27N3S/c1-11(2)10-15-8-6-7-12-16-17-13(18-12)9-14(3,4)5/h11,15H,6-10H2,1-5H3. The lowest BCUT2D eigenvalue weighted by Crippen LogP contribution is -2.21. The third kappa shape index (κ3) is 7.07. The minimum atomic E-state index is 0.301. The molecule has 104 valence electrons. The lowest BCUT2D eigenvalue weighted by molar-refractivity contribution is 0.409. The summed E-state index contributed by atoms with van der Waals surface area (Å²) in [5.74, 6) is 0.727. The molecule has 3 nitrogen and oxygen atoms in total. The zero-order valence-corrected chi connectivity index (χ0v) is 13.2. The van der Waals surface area contributed by atoms with Crippen LogP contribution < -0.4 is 5.32 Å². The van der Waals surface area contributed by atoms with Crippen molar-refractivity contribution >= 4 is 11.3 Å². The lowest BCUT2D eigenvalue weighted by Gasteiger charge is -2.14. The van der Waals surface area contributed by atoms with E-state index in [0.717, 1.165) is 38.3 Å². The molecule has 0 saturated carbocycles. The highest BCUT2D eigenvalue weighted by atomic mass is 32.1. The van der Waals surface area contributed by atoms with Crippen LogP contribution in [0.2, 0.25) is 0 Å². The van der Waals surface area contributed by atoms with E-state index in [1.807, 2.05) is 0 Å². The van der Waals surface area contributed by atoms with E-state index in [1.54, 1.807) is 11.3 Å². The van der Waals surface area contributed by atoms with Gasteiger partial charge >= 0.3 is 0 Å². The van der Waals surface area contributed by atoms with Gasteiger partial charge in [0, 0.05) is 12.8 Å². The van der Waals surface area contributed by atoms with Gasteiger partial charge in [0.2, 0.25) is 0 Å². The number of aryl methyl sites for hydroxylation is 1. The second-order valence-corrected chi connectivity index (χ2v) is 7.68. The third-order valence-corrected chi connectivity index (χ3v) is 3.47. The Morgan fingerprint density at radius 2 is 1.83 bits per heavy atom. The van der Waals surface area contributed by atoms with Gasteiger partial charge in [0.05, 0.1) is 0 Å². The van der Waals surface area contributed by atoms with Gasteiger partial charge in [-0.2, -0.15) is 0 Å². The second kappa shape index (κ2) is 7.19. The Bertz CT molecular complexity index is 339. The molecule has 0 aliphatic carbocycles. The maximum atomic E-state index is 4.28. The van der Waals surface area contributed by atoms with Crippen molar-refractivity contribution in [2.75, 3.05) is 13.1 Å². The van der Waals surface area contributed by atoms with Gasteiger partial charge in [-0.25, -0.2) is 0 Å². The minimum absolute atomic E-state index is 0.301. The Kier molecular flexibility index (Phi) is 6.22. The molecule has 1 aromatic heterocycles. The van der Waals surface area contributed by atoms with Crippen LogP contribution in [0.3, 0.4) is 0 Å². The van der Waals surface area contributed by atoms with Crippen molar-refractivity contribution in [3.05, 3.63) is 10.0 Å². The molecule has 1 N–H and O–H groups in total. The molecule has 0 bridgehead atoms. The summed E-state index contributed by atoms with van der Waals surface area (Å²) in [6.07, 6.45) is 3.22. The highest BCUT2D eigenvalue weighted by Gasteiger charge is 2.14. The van der Waals surface area contributed by atoms with Crippen molar-refractivity contribution in [3.8, 4) is 0 Å². The van der Waals surface area contributed by atoms with Crippen LogP contribution in [-0.2, 0) is 12.8 Å². The number of hydrogen-bond acceptors (Lipinski definition) is 4. The molecule has 0 aliphatic heterocycles. The number of nitrogens with zero attached hydrogens (tertiary/aromatic N) is 2. The van der Waals surface area contributed by atoms with E-state index >= 15 is 0 Å². The number of hydrogen-bond donors (Lipinski definition) is 1. The summed E-state index contributed by atoms with van der Waals surface area (Å²) in [6.45, 7) is 13.4. The summed E-state index contributed by atoms with van der Waals surface area (Å²) in [5, 5.41) is 14.4. The van der Waals surface area contributed by atoms with Crippen LogP contribution >= 0.6 is 11.3 Å². The Morgan fingerprint density at radius 3 is 2.44 bits per heavy atom. The molecule has 1 heterocycles. The van der Waals surface area contributed by atoms with Gasteiger partial charge in [-0.05, 0) is 30.8 Å². The van der Waals surface area contributed by atoms with Crippen molar-refractivity contribution in [1.82, 2.24) is 15.5 Å². The normalized spacial score (nSPS) is 12.3. The topological polar surface area (TPSA) is 37.8 Å². The zero-order valence-electron chi connectivity index (χ0n) is 12.4. The Balaban J connectivity index is 2.23. The first-order valence-corrected chi connectivity index (χ1v) is 7.70. The molecule has 1 aromatic rings. The molecular formula is C14H27N3S. The van der Waals surface area contributed by atoms with Gasteiger partial charge in [-0.3, -0.25) is 0 Å². The average Bonchev–Trinajstić information content (AvgIpc) is 2.62. The van der Waals surface area contributed by atoms with E-state index in [9.17, 15) is 0 Å². The first-order valence-electron chi connectivity index (χ1n) is 6.89. The van der Waals surface area contributed by atoms with Gasteiger partial charge in [0.1, 0.15) is 10.0 Å². The van der Waals surface area contributed by atoms with Gasteiger partial charge in [-0.1, -0.05) is 34.6 Å². The number of aromatic nitrogens is 2. The maximum absolute atomic E-state index is 4.28. The van der Waals surface area contributed by atoms with E-state index in [0.29, 0.717) is 5.41 Å². The largest absolute Gasteiger partial charge is 0.316 e. The molecular weight excluding hydrogens is 242 g/mol. The highest BCUT2D eigenvalue weighted by molar-refractivity contribution is 7.11. The van der Waals surface area contributed by atoms with Crippen LogP contribution in [0.15, 0.2) is 0 Å². The fourth-order valence-corrected chi connectivity index (χ4v) is 2.86. The summed E-state index contributed by atoms with van der Waals surface area (Å²) < 4.78 is 0. The van der Waals surface area contributed by atoms with E-state index in [2.05, 4.69) is 50.1 Å². The monoisotopic (exact) mass is 269 g/mol. The summed E-state index contributed by atoms with van der Waals surface area (Å²) in [6, 6.07) is 0. The van der Waals surface area contributed by atoms with Gasteiger partial charge in [-0.15, -0.1) is 21.5 Å². The smallest absolute Gasteiger partial charge is 0.117 e. The van der Waals surface area contributed by atoms with Crippen LogP contribution in [0, 0.1) is 11.3 Å². The van der Waals surface area contributed by atoms with Crippen molar-refractivity contribution in [2.45, 2.75) is 53.9 Å². The fourth-order valence-electron chi connectivity index (χ4n) is 1.67. The number of rotatable bonds is 7. The molecule has 0 saturated heterocycles. The Labute approximate surface area is 115 Å². The molecule has 0 unspecified atom stereocenters. The summed E-state index contributed by atoms with van der Waals surface area (Å²) in [5.41, 5.74) is 0.301. The number of nitrogens with one attached hydrogen (secondary N) is 1. The fraction of sp³-hybridized carbons (Fsp3) is 0.857. The first kappa shape index (κ1) is 15.6. The molecule has 0 fully saturated rings. The van der Waals surface area contributed by atoms with Gasteiger partial charge in [0.15, 0.2) is 0 Å². The second-order valence-electron chi connectivity index (χ2n) is 6.53. The Morgan fingerprint density at radius 1 is 1.17 bits per heavy atom. The quantitative estimate of drug-likeness (QED) is 0.772. The summed E-state index contributed by atoms with van der Waals surface area (Å²) in [4.78, 5) is 0. The SMILES string of the molecule is CC(C)CNCCCc1nnc(CC(C)(C)C)s1. The zero-order chi connectivity index (χ0) is 13.6. The maximum Gasteiger partial charge on any atom is 0.117 e. The minimum Gasteiger partial charge on any atom is -0.316 e. The summed E-state index contributed by atoms with van der Waals surface area (Å²) in [7, 11) is 0. The van der Waals surface area contributed by atoms with Crippen molar-refractivity contribution in [1.29, 1.82) is 0 Å². The first-order chi connectivity index (χ1) is 8.37. The van der Waals surface area contributed by atoms with Crippen molar-refractivity contribution in [2.24, 2.45) is 11.3 Å². The van der Waals surface area contributed by atoms with E-state index in [4.69, 9.17) is 0 Å². The molecule has 0 radical (unpaired) electrons. The van der Waals surface area contributed by atoms with Crippen LogP contribution in [0.1, 0.15) is 51.1 Å². The molecule has 0 spiro atoms. The molecule has 18 heavy (non-hydrogen) atoms. The van der Waals surface area contributed by atoms with Crippen LogP contribution in [0.5, 0.6) is 0 Å². The van der Waals surface area contributed by atoms with Crippen molar-refractivity contribution < 1.29 is 0 Å². The molecule has 0 atom stereocenters. The average molecular weight is 269 g/mol. The van der Waals surface area contributed by atoms with Gasteiger partial charge in [0.25, 0.3) is 0 Å². The van der Waals surface area contributed by atoms with Gasteiger partial charge < -0.3 is 5.32 Å². The Hall–Kier alpha value is -0.480. The molecule has 4 heteroatoms. The van der Waals surface area contributed by atoms with Crippen LogP contribution in [0.25, 0.3) is 0 Å². The van der Waals surface area contributed by atoms with E-state index in [-0.39, 0.29) is 0 Å². The van der Waals surface area contributed by atoms with E-state index in [1.165, 1.54) is 10.0 Å². The summed E-state index contributed by atoms with van der Waals surface area (Å²) >= 11 is 1.77. The van der Waals surface area contributed by atoms with Crippen LogP contribution in [0.4, 0.5) is 0 Å². The predicted octanol–water partition coefficient (Wildman–Crippen LogP) is 3.30. The van der Waals surface area contributed by atoms with Crippen LogP contribution in [-0.4, -0.2) is 23.3 Å².